The molecule has 0 saturated heterocycles. The van der Waals surface area contributed by atoms with Gasteiger partial charge < -0.3 is 14.2 Å². The smallest absolute Gasteiger partial charge is 0.257 e. The number of anilines is 1. The second-order valence-electron chi connectivity index (χ2n) is 6.25. The summed E-state index contributed by atoms with van der Waals surface area (Å²) in [5.41, 5.74) is 2.17. The van der Waals surface area contributed by atoms with Gasteiger partial charge in [-0.25, -0.2) is 4.98 Å². The normalized spacial score (nSPS) is 10.6. The van der Waals surface area contributed by atoms with Crippen molar-refractivity contribution in [3.05, 3.63) is 53.4 Å². The van der Waals surface area contributed by atoms with Gasteiger partial charge in [-0.1, -0.05) is 0 Å². The third-order valence-electron chi connectivity index (χ3n) is 3.89. The van der Waals surface area contributed by atoms with Crippen LogP contribution in [0.4, 0.5) is 5.13 Å². The van der Waals surface area contributed by atoms with Crippen LogP contribution in [-0.2, 0) is 0 Å². The monoisotopic (exact) mass is 398 g/mol. The standard InChI is InChI=1S/C21H22N2O4S/c1-13(2)27-16-8-5-14(6-9-16)20(24)23-21-22-17(12-28-21)15-7-10-18(25-3)19(11-15)26-4/h5-13H,1-4H3,(H,22,23,24). The summed E-state index contributed by atoms with van der Waals surface area (Å²) in [6.45, 7) is 3.91. The summed E-state index contributed by atoms with van der Waals surface area (Å²) in [7, 11) is 3.18. The molecule has 1 N–H and O–H groups in total. The molecule has 0 aliphatic carbocycles. The predicted octanol–water partition coefficient (Wildman–Crippen LogP) is 4.87. The summed E-state index contributed by atoms with van der Waals surface area (Å²) in [6.07, 6.45) is 0.0880. The van der Waals surface area contributed by atoms with E-state index in [0.29, 0.717) is 22.2 Å². The van der Waals surface area contributed by atoms with E-state index in [0.717, 1.165) is 17.0 Å². The van der Waals surface area contributed by atoms with Crippen LogP contribution in [0.2, 0.25) is 0 Å². The molecule has 0 bridgehead atoms. The molecule has 3 rings (SSSR count). The fourth-order valence-electron chi connectivity index (χ4n) is 2.59. The molecule has 0 radical (unpaired) electrons. The molecule has 1 amide bonds. The van der Waals surface area contributed by atoms with Gasteiger partial charge >= 0.3 is 0 Å². The van der Waals surface area contributed by atoms with Crippen molar-refractivity contribution in [2.75, 3.05) is 19.5 Å². The van der Waals surface area contributed by atoms with E-state index in [1.54, 1.807) is 38.5 Å². The summed E-state index contributed by atoms with van der Waals surface area (Å²) in [4.78, 5) is 17.0. The zero-order valence-corrected chi connectivity index (χ0v) is 17.0. The van der Waals surface area contributed by atoms with E-state index in [2.05, 4.69) is 10.3 Å². The van der Waals surface area contributed by atoms with E-state index < -0.39 is 0 Å². The molecule has 0 unspecified atom stereocenters. The molecule has 28 heavy (non-hydrogen) atoms. The molecule has 146 valence electrons. The fraction of sp³-hybridized carbons (Fsp3) is 0.238. The molecule has 1 aromatic heterocycles. The number of rotatable bonds is 7. The van der Waals surface area contributed by atoms with Crippen LogP contribution < -0.4 is 19.5 Å². The van der Waals surface area contributed by atoms with Crippen molar-refractivity contribution in [2.24, 2.45) is 0 Å². The lowest BCUT2D eigenvalue weighted by Gasteiger charge is -2.09. The first-order valence-electron chi connectivity index (χ1n) is 8.76. The molecule has 3 aromatic rings. The molecule has 0 fully saturated rings. The number of hydrogen-bond acceptors (Lipinski definition) is 6. The van der Waals surface area contributed by atoms with Gasteiger partial charge in [0.1, 0.15) is 5.75 Å². The molecule has 0 aliphatic rings. The Bertz CT molecular complexity index is 951. The van der Waals surface area contributed by atoms with E-state index >= 15 is 0 Å². The molecule has 0 aliphatic heterocycles. The third-order valence-corrected chi connectivity index (χ3v) is 4.65. The van der Waals surface area contributed by atoms with Crippen molar-refractivity contribution in [1.29, 1.82) is 0 Å². The van der Waals surface area contributed by atoms with Gasteiger partial charge in [0.25, 0.3) is 5.91 Å². The van der Waals surface area contributed by atoms with Crippen molar-refractivity contribution in [1.82, 2.24) is 4.98 Å². The highest BCUT2D eigenvalue weighted by Crippen LogP contribution is 2.33. The summed E-state index contributed by atoms with van der Waals surface area (Å²) < 4.78 is 16.2. The highest BCUT2D eigenvalue weighted by atomic mass is 32.1. The van der Waals surface area contributed by atoms with E-state index in [-0.39, 0.29) is 12.0 Å². The van der Waals surface area contributed by atoms with Crippen molar-refractivity contribution >= 4 is 22.4 Å². The summed E-state index contributed by atoms with van der Waals surface area (Å²) in [5, 5.41) is 5.24. The molecule has 2 aromatic carbocycles. The highest BCUT2D eigenvalue weighted by Gasteiger charge is 2.12. The lowest BCUT2D eigenvalue weighted by Crippen LogP contribution is -2.12. The minimum Gasteiger partial charge on any atom is -0.493 e. The van der Waals surface area contributed by atoms with Crippen LogP contribution in [0, 0.1) is 0 Å². The number of nitrogens with zero attached hydrogens (tertiary/aromatic N) is 1. The first-order valence-corrected chi connectivity index (χ1v) is 9.64. The van der Waals surface area contributed by atoms with Crippen LogP contribution in [0.5, 0.6) is 17.2 Å². The maximum absolute atomic E-state index is 12.5. The number of carbonyl (C=O) groups is 1. The lowest BCUT2D eigenvalue weighted by molar-refractivity contribution is 0.102. The topological polar surface area (TPSA) is 69.7 Å². The van der Waals surface area contributed by atoms with Crippen LogP contribution in [-0.4, -0.2) is 31.2 Å². The molecule has 1 heterocycles. The second-order valence-corrected chi connectivity index (χ2v) is 7.11. The average molecular weight is 398 g/mol. The number of hydrogen-bond donors (Lipinski definition) is 1. The van der Waals surface area contributed by atoms with Crippen molar-refractivity contribution < 1.29 is 19.0 Å². The van der Waals surface area contributed by atoms with E-state index in [9.17, 15) is 4.79 Å². The molecule has 0 spiro atoms. The van der Waals surface area contributed by atoms with Gasteiger partial charge in [0, 0.05) is 16.5 Å². The molecule has 6 nitrogen and oxygen atoms in total. The third kappa shape index (κ3) is 4.61. The largest absolute Gasteiger partial charge is 0.493 e. The van der Waals surface area contributed by atoms with Crippen LogP contribution >= 0.6 is 11.3 Å². The minimum atomic E-state index is -0.218. The van der Waals surface area contributed by atoms with Gasteiger partial charge in [0.05, 0.1) is 26.0 Å². The van der Waals surface area contributed by atoms with Gasteiger partial charge in [0.15, 0.2) is 16.6 Å². The first-order chi connectivity index (χ1) is 13.5. The Labute approximate surface area is 168 Å². The fourth-order valence-corrected chi connectivity index (χ4v) is 3.30. The quantitative estimate of drug-likeness (QED) is 0.615. The zero-order chi connectivity index (χ0) is 20.1. The van der Waals surface area contributed by atoms with Crippen molar-refractivity contribution in [2.45, 2.75) is 20.0 Å². The number of benzene rings is 2. The Morgan fingerprint density at radius 1 is 1.04 bits per heavy atom. The molecule has 0 atom stereocenters. The van der Waals surface area contributed by atoms with Crippen LogP contribution in [0.15, 0.2) is 47.8 Å². The van der Waals surface area contributed by atoms with E-state index in [1.165, 1.54) is 11.3 Å². The van der Waals surface area contributed by atoms with Crippen molar-refractivity contribution in [3.63, 3.8) is 0 Å². The van der Waals surface area contributed by atoms with Gasteiger partial charge in [0.2, 0.25) is 0 Å². The maximum atomic E-state index is 12.5. The Morgan fingerprint density at radius 3 is 2.39 bits per heavy atom. The first kappa shape index (κ1) is 19.7. The molecule has 0 saturated carbocycles. The summed E-state index contributed by atoms with van der Waals surface area (Å²) >= 11 is 1.36. The second kappa shape index (κ2) is 8.75. The minimum absolute atomic E-state index is 0.0880. The Morgan fingerprint density at radius 2 is 1.75 bits per heavy atom. The van der Waals surface area contributed by atoms with Gasteiger partial charge in [-0.3, -0.25) is 10.1 Å². The van der Waals surface area contributed by atoms with Crippen LogP contribution in [0.1, 0.15) is 24.2 Å². The van der Waals surface area contributed by atoms with Gasteiger partial charge in [-0.05, 0) is 56.3 Å². The number of amides is 1. The Kier molecular flexibility index (Phi) is 6.16. The summed E-state index contributed by atoms with van der Waals surface area (Å²) in [6, 6.07) is 12.6. The predicted molar refractivity (Wildman–Crippen MR) is 111 cm³/mol. The van der Waals surface area contributed by atoms with E-state index in [4.69, 9.17) is 14.2 Å². The lowest BCUT2D eigenvalue weighted by atomic mass is 10.1. The van der Waals surface area contributed by atoms with E-state index in [1.807, 2.05) is 37.4 Å². The molecular weight excluding hydrogens is 376 g/mol. The van der Waals surface area contributed by atoms with Gasteiger partial charge in [-0.15, -0.1) is 11.3 Å². The Balaban J connectivity index is 1.71. The molecular formula is C21H22N2O4S. The molecule has 7 heteroatoms. The SMILES string of the molecule is COc1ccc(-c2csc(NC(=O)c3ccc(OC(C)C)cc3)n2)cc1OC. The zero-order valence-electron chi connectivity index (χ0n) is 16.2. The number of methoxy groups -OCH3 is 2. The number of carbonyl (C=O) groups excluding carboxylic acids is 1. The van der Waals surface area contributed by atoms with Crippen LogP contribution in [0.3, 0.4) is 0 Å². The van der Waals surface area contributed by atoms with Crippen molar-refractivity contribution in [3.8, 4) is 28.5 Å². The number of ether oxygens (including phenoxy) is 3. The maximum Gasteiger partial charge on any atom is 0.257 e. The number of nitrogens with one attached hydrogen (secondary N) is 1. The van der Waals surface area contributed by atoms with Gasteiger partial charge in [-0.2, -0.15) is 0 Å². The highest BCUT2D eigenvalue weighted by molar-refractivity contribution is 7.14. The number of thiazole rings is 1. The Hall–Kier alpha value is -3.06. The van der Waals surface area contributed by atoms with Crippen LogP contribution in [0.25, 0.3) is 11.3 Å². The number of aromatic nitrogens is 1. The average Bonchev–Trinajstić information content (AvgIpc) is 3.16. The summed E-state index contributed by atoms with van der Waals surface area (Å²) in [5.74, 6) is 1.79.